The van der Waals surface area contributed by atoms with Crippen LogP contribution in [0.1, 0.15) is 64.9 Å². The second-order valence-corrected chi connectivity index (χ2v) is 5.31. The van der Waals surface area contributed by atoms with E-state index in [9.17, 15) is 0 Å². The lowest BCUT2D eigenvalue weighted by Crippen LogP contribution is -2.24. The summed E-state index contributed by atoms with van der Waals surface area (Å²) in [5.41, 5.74) is 2.57. The largest absolute Gasteiger partial charge is 0.309 e. The first-order chi connectivity index (χ1) is 8.62. The second kappa shape index (κ2) is 7.57. The maximum Gasteiger partial charge on any atom is 0.0625 e. The fourth-order valence-corrected chi connectivity index (χ4v) is 2.29. The van der Waals surface area contributed by atoms with Crippen LogP contribution in [0.2, 0.25) is 0 Å². The van der Waals surface area contributed by atoms with E-state index in [0.717, 1.165) is 25.4 Å². The van der Waals surface area contributed by atoms with Crippen molar-refractivity contribution in [2.75, 3.05) is 6.54 Å². The summed E-state index contributed by atoms with van der Waals surface area (Å²) in [6, 6.07) is 2.72. The maximum absolute atomic E-state index is 4.65. The van der Waals surface area contributed by atoms with Crippen molar-refractivity contribution >= 4 is 0 Å². The van der Waals surface area contributed by atoms with Crippen molar-refractivity contribution in [2.24, 2.45) is 5.92 Å². The predicted molar refractivity (Wildman–Crippen MR) is 77.8 cm³/mol. The Balaban J connectivity index is 2.85. The number of rotatable bonds is 8. The number of hydrogen-bond donors (Lipinski definition) is 1. The number of aryl methyl sites for hydroxylation is 2. The van der Waals surface area contributed by atoms with E-state index in [1.807, 2.05) is 0 Å². The molecular weight excluding hydrogens is 222 g/mol. The third-order valence-electron chi connectivity index (χ3n) is 3.36. The molecule has 0 saturated carbocycles. The topological polar surface area (TPSA) is 29.9 Å². The zero-order chi connectivity index (χ0) is 13.5. The molecular formula is C15H29N3. The normalized spacial score (nSPS) is 13.2. The molecule has 0 fully saturated rings. The van der Waals surface area contributed by atoms with E-state index in [2.05, 4.69) is 55.8 Å². The Kier molecular flexibility index (Phi) is 6.41. The van der Waals surface area contributed by atoms with Crippen molar-refractivity contribution < 1.29 is 0 Å². The van der Waals surface area contributed by atoms with Gasteiger partial charge in [0.15, 0.2) is 0 Å². The molecule has 0 spiro atoms. The molecule has 0 bridgehead atoms. The summed E-state index contributed by atoms with van der Waals surface area (Å²) >= 11 is 0. The van der Waals surface area contributed by atoms with Gasteiger partial charge in [0, 0.05) is 12.6 Å². The summed E-state index contributed by atoms with van der Waals surface area (Å²) < 4.78 is 2.16. The highest BCUT2D eigenvalue weighted by molar-refractivity contribution is 5.14. The van der Waals surface area contributed by atoms with E-state index in [1.54, 1.807) is 0 Å². The first kappa shape index (κ1) is 15.2. The Labute approximate surface area is 112 Å². The van der Waals surface area contributed by atoms with Crippen LogP contribution in [0.3, 0.4) is 0 Å². The Bertz CT molecular complexity index is 342. The second-order valence-electron chi connectivity index (χ2n) is 5.31. The van der Waals surface area contributed by atoms with Crippen LogP contribution in [0.4, 0.5) is 0 Å². The van der Waals surface area contributed by atoms with Crippen LogP contribution in [0.25, 0.3) is 0 Å². The molecule has 18 heavy (non-hydrogen) atoms. The fourth-order valence-electron chi connectivity index (χ4n) is 2.29. The van der Waals surface area contributed by atoms with Gasteiger partial charge in [-0.1, -0.05) is 27.7 Å². The number of hydrogen-bond acceptors (Lipinski definition) is 2. The molecule has 1 N–H and O–H groups in total. The Morgan fingerprint density at radius 1 is 1.22 bits per heavy atom. The number of aromatic nitrogens is 2. The summed E-state index contributed by atoms with van der Waals surface area (Å²) in [6.45, 7) is 13.1. The van der Waals surface area contributed by atoms with Crippen LogP contribution in [0, 0.1) is 5.92 Å². The molecule has 0 radical (unpaired) electrons. The summed E-state index contributed by atoms with van der Waals surface area (Å²) in [5, 5.41) is 8.26. The Morgan fingerprint density at radius 3 is 2.44 bits per heavy atom. The van der Waals surface area contributed by atoms with Gasteiger partial charge in [-0.3, -0.25) is 4.68 Å². The molecule has 0 amide bonds. The van der Waals surface area contributed by atoms with Gasteiger partial charge in [0.2, 0.25) is 0 Å². The van der Waals surface area contributed by atoms with E-state index < -0.39 is 0 Å². The summed E-state index contributed by atoms with van der Waals surface area (Å²) in [7, 11) is 0. The third kappa shape index (κ3) is 4.13. The lowest BCUT2D eigenvalue weighted by Gasteiger charge is -2.20. The molecule has 0 aliphatic rings. The third-order valence-corrected chi connectivity index (χ3v) is 3.36. The molecule has 1 aromatic heterocycles. The molecule has 1 unspecified atom stereocenters. The monoisotopic (exact) mass is 251 g/mol. The smallest absolute Gasteiger partial charge is 0.0625 e. The van der Waals surface area contributed by atoms with Gasteiger partial charge >= 0.3 is 0 Å². The minimum atomic E-state index is 0.449. The average molecular weight is 251 g/mol. The van der Waals surface area contributed by atoms with Crippen LogP contribution < -0.4 is 5.32 Å². The van der Waals surface area contributed by atoms with E-state index in [0.29, 0.717) is 6.04 Å². The van der Waals surface area contributed by atoms with Crippen LogP contribution in [-0.2, 0) is 13.0 Å². The van der Waals surface area contributed by atoms with Crippen molar-refractivity contribution in [1.82, 2.24) is 15.1 Å². The molecule has 3 nitrogen and oxygen atoms in total. The molecule has 0 aliphatic heterocycles. The standard InChI is InChI=1S/C15H29N3/c1-6-13-11-15(18(8-3)17-13)14(16-7-2)10-9-12(4)5/h11-12,14,16H,6-10H2,1-5H3. The highest BCUT2D eigenvalue weighted by Crippen LogP contribution is 2.22. The van der Waals surface area contributed by atoms with Crippen molar-refractivity contribution in [1.29, 1.82) is 0 Å². The number of nitrogens with zero attached hydrogens (tertiary/aromatic N) is 2. The highest BCUT2D eigenvalue weighted by atomic mass is 15.3. The molecule has 0 aliphatic carbocycles. The van der Waals surface area contributed by atoms with Gasteiger partial charge in [-0.2, -0.15) is 5.10 Å². The molecule has 1 atom stereocenters. The molecule has 0 aromatic carbocycles. The minimum Gasteiger partial charge on any atom is -0.309 e. The zero-order valence-corrected chi connectivity index (χ0v) is 12.7. The molecule has 104 valence electrons. The zero-order valence-electron chi connectivity index (χ0n) is 12.7. The van der Waals surface area contributed by atoms with Crippen LogP contribution in [-0.4, -0.2) is 16.3 Å². The molecule has 1 aromatic rings. The van der Waals surface area contributed by atoms with Gasteiger partial charge in [0.25, 0.3) is 0 Å². The summed E-state index contributed by atoms with van der Waals surface area (Å²) in [5.74, 6) is 0.759. The average Bonchev–Trinajstić information content (AvgIpc) is 2.77. The molecule has 0 saturated heterocycles. The van der Waals surface area contributed by atoms with E-state index in [-0.39, 0.29) is 0 Å². The first-order valence-corrected chi connectivity index (χ1v) is 7.42. The Hall–Kier alpha value is -0.830. The minimum absolute atomic E-state index is 0.449. The van der Waals surface area contributed by atoms with E-state index in [1.165, 1.54) is 24.2 Å². The van der Waals surface area contributed by atoms with Gasteiger partial charge in [-0.25, -0.2) is 0 Å². The van der Waals surface area contributed by atoms with E-state index >= 15 is 0 Å². The van der Waals surface area contributed by atoms with Gasteiger partial charge in [-0.15, -0.1) is 0 Å². The quantitative estimate of drug-likeness (QED) is 0.765. The predicted octanol–water partition coefficient (Wildman–Crippen LogP) is 3.55. The summed E-state index contributed by atoms with van der Waals surface area (Å²) in [6.07, 6.45) is 3.47. The van der Waals surface area contributed by atoms with Crippen molar-refractivity contribution in [2.45, 2.75) is 66.5 Å². The van der Waals surface area contributed by atoms with E-state index in [4.69, 9.17) is 0 Å². The highest BCUT2D eigenvalue weighted by Gasteiger charge is 2.16. The van der Waals surface area contributed by atoms with Gasteiger partial charge in [0.05, 0.1) is 11.4 Å². The van der Waals surface area contributed by atoms with Crippen molar-refractivity contribution in [3.8, 4) is 0 Å². The molecule has 1 rings (SSSR count). The lowest BCUT2D eigenvalue weighted by atomic mass is 10.0. The molecule has 1 heterocycles. The fraction of sp³-hybridized carbons (Fsp3) is 0.800. The summed E-state index contributed by atoms with van der Waals surface area (Å²) in [4.78, 5) is 0. The van der Waals surface area contributed by atoms with Gasteiger partial charge in [-0.05, 0) is 44.7 Å². The Morgan fingerprint density at radius 2 is 1.94 bits per heavy atom. The van der Waals surface area contributed by atoms with Crippen LogP contribution in [0.15, 0.2) is 6.07 Å². The van der Waals surface area contributed by atoms with Crippen LogP contribution >= 0.6 is 0 Å². The van der Waals surface area contributed by atoms with Crippen molar-refractivity contribution in [3.63, 3.8) is 0 Å². The maximum atomic E-state index is 4.65. The number of nitrogens with one attached hydrogen (secondary N) is 1. The SMILES string of the molecule is CCNC(CCC(C)C)c1cc(CC)nn1CC. The molecule has 3 heteroatoms. The first-order valence-electron chi connectivity index (χ1n) is 7.42. The van der Waals surface area contributed by atoms with Crippen molar-refractivity contribution in [3.05, 3.63) is 17.5 Å². The van der Waals surface area contributed by atoms with Gasteiger partial charge < -0.3 is 5.32 Å². The lowest BCUT2D eigenvalue weighted by molar-refractivity contribution is 0.422. The van der Waals surface area contributed by atoms with Crippen LogP contribution in [0.5, 0.6) is 0 Å². The van der Waals surface area contributed by atoms with Gasteiger partial charge in [0.1, 0.15) is 0 Å².